The lowest BCUT2D eigenvalue weighted by Gasteiger charge is -2.09. The van der Waals surface area contributed by atoms with Crippen LogP contribution in [0.15, 0.2) is 36.0 Å². The van der Waals surface area contributed by atoms with Gasteiger partial charge in [-0.1, -0.05) is 13.3 Å². The molecular weight excluding hydrogens is 216 g/mol. The molecule has 1 rings (SSSR count). The van der Waals surface area contributed by atoms with Crippen LogP contribution < -0.4 is 5.32 Å². The quantitative estimate of drug-likeness (QED) is 0.763. The van der Waals surface area contributed by atoms with Crippen molar-refractivity contribution >= 4 is 11.7 Å². The van der Waals surface area contributed by atoms with Crippen molar-refractivity contribution in [1.82, 2.24) is 0 Å². The van der Waals surface area contributed by atoms with Gasteiger partial charge in [-0.25, -0.2) is 4.79 Å². The number of hydrogen-bond donors (Lipinski definition) is 2. The average molecular weight is 230 g/mol. The number of allylic oxidation sites excluding steroid dienone is 1. The Balaban J connectivity index is 2.79. The fraction of sp³-hybridized carbons (Fsp3) is 0.231. The second-order valence-electron chi connectivity index (χ2n) is 3.57. The first-order valence-electron chi connectivity index (χ1n) is 5.36. The standard InChI is InChI=1S/C13H14N2O2/c1-2-3-12(8-13(16)17)15-11-6-4-10(9-14)5-7-11/h4-8,15H,2-3H2,1H3,(H,16,17)/b12-8-. The third-order valence-electron chi connectivity index (χ3n) is 2.14. The number of carboxylic acid groups (broad SMARTS) is 1. The molecule has 0 fully saturated rings. The van der Waals surface area contributed by atoms with Gasteiger partial charge in [0.05, 0.1) is 11.6 Å². The molecule has 0 aliphatic carbocycles. The molecule has 1 aromatic carbocycles. The van der Waals surface area contributed by atoms with Crippen molar-refractivity contribution in [2.75, 3.05) is 5.32 Å². The van der Waals surface area contributed by atoms with Crippen LogP contribution in [0.5, 0.6) is 0 Å². The number of carboxylic acids is 1. The van der Waals surface area contributed by atoms with Gasteiger partial charge in [-0.05, 0) is 30.7 Å². The van der Waals surface area contributed by atoms with Gasteiger partial charge in [0, 0.05) is 17.5 Å². The maximum absolute atomic E-state index is 10.6. The third-order valence-corrected chi connectivity index (χ3v) is 2.14. The highest BCUT2D eigenvalue weighted by atomic mass is 16.4. The topological polar surface area (TPSA) is 73.1 Å². The molecular formula is C13H14N2O2. The van der Waals surface area contributed by atoms with Gasteiger partial charge in [-0.2, -0.15) is 5.26 Å². The molecule has 0 atom stereocenters. The van der Waals surface area contributed by atoms with E-state index < -0.39 is 5.97 Å². The fourth-order valence-corrected chi connectivity index (χ4v) is 1.40. The number of nitrogens with one attached hydrogen (secondary N) is 1. The molecule has 0 aliphatic heterocycles. The van der Waals surface area contributed by atoms with Gasteiger partial charge < -0.3 is 10.4 Å². The predicted octanol–water partition coefficient (Wildman–Crippen LogP) is 2.74. The van der Waals surface area contributed by atoms with Gasteiger partial charge in [0.15, 0.2) is 0 Å². The van der Waals surface area contributed by atoms with Gasteiger partial charge in [0.2, 0.25) is 0 Å². The van der Waals surface area contributed by atoms with E-state index in [0.29, 0.717) is 17.7 Å². The zero-order valence-electron chi connectivity index (χ0n) is 9.60. The molecule has 0 aliphatic rings. The van der Waals surface area contributed by atoms with Crippen molar-refractivity contribution in [3.05, 3.63) is 41.6 Å². The molecule has 88 valence electrons. The van der Waals surface area contributed by atoms with E-state index in [2.05, 4.69) is 5.32 Å². The van der Waals surface area contributed by atoms with Gasteiger partial charge in [-0.15, -0.1) is 0 Å². The van der Waals surface area contributed by atoms with Gasteiger partial charge in [-0.3, -0.25) is 0 Å². The van der Waals surface area contributed by atoms with Crippen molar-refractivity contribution in [3.63, 3.8) is 0 Å². The van der Waals surface area contributed by atoms with Gasteiger partial charge in [0.25, 0.3) is 0 Å². The van der Waals surface area contributed by atoms with Crippen LogP contribution in [0.3, 0.4) is 0 Å². The molecule has 0 saturated carbocycles. The molecule has 0 saturated heterocycles. The molecule has 4 heteroatoms. The van der Waals surface area contributed by atoms with Gasteiger partial charge in [0.1, 0.15) is 0 Å². The van der Waals surface area contributed by atoms with E-state index in [1.807, 2.05) is 13.0 Å². The lowest BCUT2D eigenvalue weighted by Crippen LogP contribution is -2.03. The molecule has 0 spiro atoms. The molecule has 2 N–H and O–H groups in total. The van der Waals surface area contributed by atoms with Crippen LogP contribution in [-0.4, -0.2) is 11.1 Å². The molecule has 17 heavy (non-hydrogen) atoms. The normalized spacial score (nSPS) is 10.7. The summed E-state index contributed by atoms with van der Waals surface area (Å²) in [6.07, 6.45) is 2.70. The number of benzene rings is 1. The fourth-order valence-electron chi connectivity index (χ4n) is 1.40. The van der Waals surface area contributed by atoms with Crippen LogP contribution in [0.25, 0.3) is 0 Å². The minimum absolute atomic E-state index is 0.579. The van der Waals surface area contributed by atoms with Crippen LogP contribution in [0.4, 0.5) is 5.69 Å². The smallest absolute Gasteiger partial charge is 0.330 e. The second-order valence-corrected chi connectivity index (χ2v) is 3.57. The summed E-state index contributed by atoms with van der Waals surface area (Å²) in [6, 6.07) is 8.91. The minimum Gasteiger partial charge on any atom is -0.478 e. The van der Waals surface area contributed by atoms with Gasteiger partial charge >= 0.3 is 5.97 Å². The lowest BCUT2D eigenvalue weighted by atomic mass is 10.2. The molecule has 0 bridgehead atoms. The highest BCUT2D eigenvalue weighted by Gasteiger charge is 2.00. The molecule has 4 nitrogen and oxygen atoms in total. The third kappa shape index (κ3) is 4.39. The SMILES string of the molecule is CCC/C(=C/C(=O)O)Nc1ccc(C#N)cc1. The van der Waals surface area contributed by atoms with E-state index in [4.69, 9.17) is 10.4 Å². The van der Waals surface area contributed by atoms with Crippen molar-refractivity contribution in [3.8, 4) is 6.07 Å². The van der Waals surface area contributed by atoms with Crippen molar-refractivity contribution < 1.29 is 9.90 Å². The maximum atomic E-state index is 10.6. The summed E-state index contributed by atoms with van der Waals surface area (Å²) in [6.45, 7) is 1.98. The molecule has 1 aromatic rings. The summed E-state index contributed by atoms with van der Waals surface area (Å²) in [5.41, 5.74) is 2.02. The average Bonchev–Trinajstić information content (AvgIpc) is 2.29. The molecule has 0 unspecified atom stereocenters. The Bertz CT molecular complexity index is 455. The summed E-state index contributed by atoms with van der Waals surface area (Å²) >= 11 is 0. The van der Waals surface area contributed by atoms with Crippen molar-refractivity contribution in [2.24, 2.45) is 0 Å². The Hall–Kier alpha value is -2.28. The van der Waals surface area contributed by atoms with Crippen LogP contribution in [0, 0.1) is 11.3 Å². The van der Waals surface area contributed by atoms with Crippen molar-refractivity contribution in [1.29, 1.82) is 5.26 Å². The zero-order chi connectivity index (χ0) is 12.7. The van der Waals surface area contributed by atoms with Crippen molar-refractivity contribution in [2.45, 2.75) is 19.8 Å². The van der Waals surface area contributed by atoms with Crippen LogP contribution in [0.2, 0.25) is 0 Å². The number of nitrogens with zero attached hydrogens (tertiary/aromatic N) is 1. The lowest BCUT2D eigenvalue weighted by molar-refractivity contribution is -0.131. The predicted molar refractivity (Wildman–Crippen MR) is 65.4 cm³/mol. The number of carbonyl (C=O) groups is 1. The van der Waals surface area contributed by atoms with Crippen LogP contribution in [0.1, 0.15) is 25.3 Å². The first-order valence-corrected chi connectivity index (χ1v) is 5.36. The monoisotopic (exact) mass is 230 g/mol. The largest absolute Gasteiger partial charge is 0.478 e. The minimum atomic E-state index is -0.963. The number of rotatable bonds is 5. The summed E-state index contributed by atoms with van der Waals surface area (Å²) < 4.78 is 0. The summed E-state index contributed by atoms with van der Waals surface area (Å²) in [5.74, 6) is -0.963. The van der Waals surface area contributed by atoms with E-state index in [0.717, 1.165) is 12.1 Å². The van der Waals surface area contributed by atoms with E-state index in [9.17, 15) is 4.79 Å². The maximum Gasteiger partial charge on any atom is 0.330 e. The van der Waals surface area contributed by atoms with Crippen LogP contribution >= 0.6 is 0 Å². The molecule has 0 radical (unpaired) electrons. The van der Waals surface area contributed by atoms with E-state index in [-0.39, 0.29) is 0 Å². The number of aliphatic carboxylic acids is 1. The first-order chi connectivity index (χ1) is 8.15. The van der Waals surface area contributed by atoms with Crippen LogP contribution in [-0.2, 0) is 4.79 Å². The number of hydrogen-bond acceptors (Lipinski definition) is 3. The van der Waals surface area contributed by atoms with E-state index in [1.54, 1.807) is 24.3 Å². The Kier molecular flexibility index (Phi) is 4.77. The summed E-state index contributed by atoms with van der Waals surface area (Å²) in [5, 5.41) is 20.4. The molecule has 0 amide bonds. The number of nitriles is 1. The Labute approximate surface area is 100 Å². The number of anilines is 1. The van der Waals surface area contributed by atoms with E-state index in [1.165, 1.54) is 6.08 Å². The second kappa shape index (κ2) is 6.33. The Morgan fingerprint density at radius 3 is 2.59 bits per heavy atom. The molecule has 0 aromatic heterocycles. The summed E-state index contributed by atoms with van der Waals surface area (Å²) in [4.78, 5) is 10.6. The Morgan fingerprint density at radius 1 is 1.47 bits per heavy atom. The van der Waals surface area contributed by atoms with E-state index >= 15 is 0 Å². The highest BCUT2D eigenvalue weighted by Crippen LogP contribution is 2.14. The highest BCUT2D eigenvalue weighted by molar-refractivity contribution is 5.81. The summed E-state index contributed by atoms with van der Waals surface area (Å²) in [7, 11) is 0. The Morgan fingerprint density at radius 2 is 2.12 bits per heavy atom. The molecule has 0 heterocycles. The first kappa shape index (κ1) is 12.8. The zero-order valence-corrected chi connectivity index (χ0v) is 9.60.